The molecule has 3 rings (SSSR count). The summed E-state index contributed by atoms with van der Waals surface area (Å²) in [5.41, 5.74) is 8.07. The van der Waals surface area contributed by atoms with Crippen molar-refractivity contribution in [2.24, 2.45) is 10.7 Å². The van der Waals surface area contributed by atoms with Gasteiger partial charge in [0, 0.05) is 41.4 Å². The highest BCUT2D eigenvalue weighted by molar-refractivity contribution is 14.0. The maximum absolute atomic E-state index is 11.2. The first kappa shape index (κ1) is 23.5. The molecular weight excluding hydrogens is 545 g/mol. The van der Waals surface area contributed by atoms with Gasteiger partial charge in [-0.05, 0) is 55.3 Å². The number of aliphatic imine (C=N–C) groups is 1. The van der Waals surface area contributed by atoms with Crippen LogP contribution in [0.25, 0.3) is 0 Å². The molecule has 1 aliphatic rings. The van der Waals surface area contributed by atoms with Crippen molar-refractivity contribution in [3.63, 3.8) is 0 Å². The first-order chi connectivity index (χ1) is 13.5. The lowest BCUT2D eigenvalue weighted by Crippen LogP contribution is -2.44. The second kappa shape index (κ2) is 11.4. The van der Waals surface area contributed by atoms with Gasteiger partial charge >= 0.3 is 0 Å². The molecule has 0 spiro atoms. The maximum Gasteiger partial charge on any atom is 0.248 e. The third kappa shape index (κ3) is 6.88. The minimum Gasteiger partial charge on any atom is -0.369 e. The Morgan fingerprint density at radius 1 is 1.21 bits per heavy atom. The molecule has 6 nitrogen and oxygen atoms in total. The molecule has 1 fully saturated rings. The quantitative estimate of drug-likeness (QED) is 0.281. The summed E-state index contributed by atoms with van der Waals surface area (Å²) in [5, 5.41) is 6.85. The molecular formula is C21H27BrIN5O. The average molecular weight is 572 g/mol. The predicted molar refractivity (Wildman–Crippen MR) is 133 cm³/mol. The summed E-state index contributed by atoms with van der Waals surface area (Å²) in [6, 6.07) is 16.0. The highest BCUT2D eigenvalue weighted by Crippen LogP contribution is 2.22. The average Bonchev–Trinajstić information content (AvgIpc) is 3.15. The topological polar surface area (TPSA) is 82.7 Å². The van der Waals surface area contributed by atoms with E-state index in [2.05, 4.69) is 67.6 Å². The molecule has 2 aromatic rings. The fourth-order valence-corrected chi connectivity index (χ4v) is 3.49. The summed E-state index contributed by atoms with van der Waals surface area (Å²) in [4.78, 5) is 18.2. The van der Waals surface area contributed by atoms with Crippen molar-refractivity contribution in [3.8, 4) is 0 Å². The SMILES string of the molecule is CCNC(=NCc1ccc(C(N)=O)cc1)NC1CCN(c2ccc(Br)cc2)C1.I. The van der Waals surface area contributed by atoms with Crippen molar-refractivity contribution in [3.05, 3.63) is 64.1 Å². The van der Waals surface area contributed by atoms with Crippen LogP contribution >= 0.6 is 39.9 Å². The molecule has 1 saturated heterocycles. The van der Waals surface area contributed by atoms with Crippen LogP contribution in [0.3, 0.4) is 0 Å². The summed E-state index contributed by atoms with van der Waals surface area (Å²) in [7, 11) is 0. The van der Waals surface area contributed by atoms with Crippen LogP contribution in [-0.2, 0) is 6.54 Å². The number of carbonyl (C=O) groups excluding carboxylic acids is 1. The first-order valence-electron chi connectivity index (χ1n) is 9.49. The van der Waals surface area contributed by atoms with E-state index in [-0.39, 0.29) is 24.0 Å². The van der Waals surface area contributed by atoms with Gasteiger partial charge in [0.25, 0.3) is 0 Å². The summed E-state index contributed by atoms with van der Waals surface area (Å²) < 4.78 is 1.09. The van der Waals surface area contributed by atoms with Crippen molar-refractivity contribution >= 4 is 57.5 Å². The van der Waals surface area contributed by atoms with E-state index in [9.17, 15) is 4.79 Å². The summed E-state index contributed by atoms with van der Waals surface area (Å²) >= 11 is 3.49. The molecule has 4 N–H and O–H groups in total. The van der Waals surface area contributed by atoms with Crippen molar-refractivity contribution in [1.29, 1.82) is 0 Å². The largest absolute Gasteiger partial charge is 0.369 e. The van der Waals surface area contributed by atoms with Crippen molar-refractivity contribution in [2.75, 3.05) is 24.5 Å². The molecule has 1 aliphatic heterocycles. The standard InChI is InChI=1S/C21H26BrN5O.HI/c1-2-24-21(25-13-15-3-5-16(6-4-15)20(23)28)26-18-11-12-27(14-18)19-9-7-17(22)8-10-19;/h3-10,18H,2,11-14H2,1H3,(H2,23,28)(H2,24,25,26);1H. The number of nitrogens with one attached hydrogen (secondary N) is 2. The fraction of sp³-hybridized carbons (Fsp3) is 0.333. The van der Waals surface area contributed by atoms with Crippen molar-refractivity contribution < 1.29 is 4.79 Å². The van der Waals surface area contributed by atoms with Gasteiger partial charge in [-0.25, -0.2) is 4.99 Å². The van der Waals surface area contributed by atoms with E-state index in [1.807, 2.05) is 12.1 Å². The molecule has 0 aromatic heterocycles. The van der Waals surface area contributed by atoms with E-state index < -0.39 is 5.91 Å². The van der Waals surface area contributed by atoms with E-state index in [0.717, 1.165) is 42.1 Å². The third-order valence-electron chi connectivity index (χ3n) is 4.72. The van der Waals surface area contributed by atoms with E-state index in [1.165, 1.54) is 5.69 Å². The number of carbonyl (C=O) groups is 1. The molecule has 1 heterocycles. The van der Waals surface area contributed by atoms with Crippen LogP contribution in [0.5, 0.6) is 0 Å². The number of anilines is 1. The van der Waals surface area contributed by atoms with Gasteiger partial charge in [0.2, 0.25) is 5.91 Å². The maximum atomic E-state index is 11.2. The van der Waals surface area contributed by atoms with Crippen molar-refractivity contribution in [1.82, 2.24) is 10.6 Å². The van der Waals surface area contributed by atoms with Crippen LogP contribution < -0.4 is 21.3 Å². The third-order valence-corrected chi connectivity index (χ3v) is 5.25. The molecule has 1 unspecified atom stereocenters. The predicted octanol–water partition coefficient (Wildman–Crippen LogP) is 3.50. The Hall–Kier alpha value is -1.81. The van der Waals surface area contributed by atoms with Gasteiger partial charge in [0.15, 0.2) is 5.96 Å². The molecule has 1 amide bonds. The van der Waals surface area contributed by atoms with Crippen molar-refractivity contribution in [2.45, 2.75) is 25.9 Å². The van der Waals surface area contributed by atoms with Crippen LogP contribution in [0.15, 0.2) is 58.0 Å². The van der Waals surface area contributed by atoms with Gasteiger partial charge in [-0.15, -0.1) is 24.0 Å². The van der Waals surface area contributed by atoms with Gasteiger partial charge in [-0.3, -0.25) is 4.79 Å². The number of amides is 1. The zero-order valence-electron chi connectivity index (χ0n) is 16.4. The number of nitrogens with two attached hydrogens (primary N) is 1. The Morgan fingerprint density at radius 3 is 2.52 bits per heavy atom. The number of hydrogen-bond donors (Lipinski definition) is 3. The minimum atomic E-state index is -0.415. The number of primary amides is 1. The van der Waals surface area contributed by atoms with Crippen LogP contribution in [0.4, 0.5) is 5.69 Å². The van der Waals surface area contributed by atoms with Crippen LogP contribution in [-0.4, -0.2) is 37.5 Å². The van der Waals surface area contributed by atoms with Gasteiger partial charge in [0.05, 0.1) is 6.54 Å². The second-order valence-corrected chi connectivity index (χ2v) is 7.72. The minimum absolute atomic E-state index is 0. The lowest BCUT2D eigenvalue weighted by atomic mass is 10.1. The fourth-order valence-electron chi connectivity index (χ4n) is 3.22. The number of rotatable bonds is 6. The Labute approximate surface area is 197 Å². The zero-order chi connectivity index (χ0) is 19.9. The van der Waals surface area contributed by atoms with Gasteiger partial charge in [-0.1, -0.05) is 28.1 Å². The molecule has 156 valence electrons. The number of nitrogens with zero attached hydrogens (tertiary/aromatic N) is 2. The molecule has 0 bridgehead atoms. The first-order valence-corrected chi connectivity index (χ1v) is 10.3. The monoisotopic (exact) mass is 571 g/mol. The molecule has 29 heavy (non-hydrogen) atoms. The molecule has 0 radical (unpaired) electrons. The Kier molecular flexibility index (Phi) is 9.22. The molecule has 1 atom stereocenters. The van der Waals surface area contributed by atoms with E-state index in [1.54, 1.807) is 12.1 Å². The summed E-state index contributed by atoms with van der Waals surface area (Å²) in [5.74, 6) is 0.394. The van der Waals surface area contributed by atoms with Gasteiger partial charge < -0.3 is 21.3 Å². The molecule has 8 heteroatoms. The highest BCUT2D eigenvalue weighted by Gasteiger charge is 2.23. The molecule has 2 aromatic carbocycles. The number of hydrogen-bond acceptors (Lipinski definition) is 3. The van der Waals surface area contributed by atoms with Gasteiger partial charge in [-0.2, -0.15) is 0 Å². The lowest BCUT2D eigenvalue weighted by molar-refractivity contribution is 0.100. The second-order valence-electron chi connectivity index (χ2n) is 6.81. The zero-order valence-corrected chi connectivity index (χ0v) is 20.3. The Bertz CT molecular complexity index is 826. The van der Waals surface area contributed by atoms with Crippen LogP contribution in [0.1, 0.15) is 29.3 Å². The Morgan fingerprint density at radius 2 is 1.90 bits per heavy atom. The van der Waals surface area contributed by atoms with E-state index in [4.69, 9.17) is 5.73 Å². The van der Waals surface area contributed by atoms with Crippen LogP contribution in [0.2, 0.25) is 0 Å². The number of guanidine groups is 1. The Balaban J connectivity index is 0.00000300. The normalized spacial score (nSPS) is 16.3. The summed E-state index contributed by atoms with van der Waals surface area (Å²) in [6.45, 7) is 5.36. The van der Waals surface area contributed by atoms with E-state index >= 15 is 0 Å². The lowest BCUT2D eigenvalue weighted by Gasteiger charge is -2.20. The highest BCUT2D eigenvalue weighted by atomic mass is 127. The molecule has 0 aliphatic carbocycles. The molecule has 0 saturated carbocycles. The number of benzene rings is 2. The number of halogens is 2. The van der Waals surface area contributed by atoms with Gasteiger partial charge in [0.1, 0.15) is 0 Å². The van der Waals surface area contributed by atoms with Crippen LogP contribution in [0, 0.1) is 0 Å². The summed E-state index contributed by atoms with van der Waals surface area (Å²) in [6.07, 6.45) is 1.06. The smallest absolute Gasteiger partial charge is 0.248 e. The van der Waals surface area contributed by atoms with E-state index in [0.29, 0.717) is 18.2 Å².